The van der Waals surface area contributed by atoms with Crippen LogP contribution < -0.4 is 5.73 Å². The molecular formula is C10H16N2O4S. The highest BCUT2D eigenvalue weighted by molar-refractivity contribution is 7.99. The van der Waals surface area contributed by atoms with Gasteiger partial charge >= 0.3 is 5.97 Å². The van der Waals surface area contributed by atoms with Crippen molar-refractivity contribution in [2.24, 2.45) is 5.73 Å². The molecule has 1 aliphatic heterocycles. The first kappa shape index (κ1) is 13.8. The first-order valence-electron chi connectivity index (χ1n) is 5.40. The predicted octanol–water partition coefficient (Wildman–Crippen LogP) is -0.329. The van der Waals surface area contributed by atoms with Gasteiger partial charge in [0.25, 0.3) is 0 Å². The maximum atomic E-state index is 11.7. The van der Waals surface area contributed by atoms with E-state index in [9.17, 15) is 14.4 Å². The summed E-state index contributed by atoms with van der Waals surface area (Å²) < 4.78 is 0. The quantitative estimate of drug-likeness (QED) is 0.637. The number of nitrogens with zero attached hydrogens (tertiary/aromatic N) is 1. The van der Waals surface area contributed by atoms with Gasteiger partial charge in [0.15, 0.2) is 0 Å². The molecule has 1 rings (SSSR count). The molecule has 17 heavy (non-hydrogen) atoms. The molecule has 1 aliphatic rings. The van der Waals surface area contributed by atoms with Crippen LogP contribution >= 0.6 is 11.8 Å². The molecule has 0 aliphatic carbocycles. The molecule has 0 aromatic rings. The van der Waals surface area contributed by atoms with Gasteiger partial charge in [-0.25, -0.2) is 4.79 Å². The number of carbonyl (C=O) groups is 3. The van der Waals surface area contributed by atoms with Crippen LogP contribution in [0.2, 0.25) is 0 Å². The number of primary amides is 1. The summed E-state index contributed by atoms with van der Waals surface area (Å²) in [6, 6.07) is -0.677. The number of carbonyl (C=O) groups excluding carboxylic acids is 2. The van der Waals surface area contributed by atoms with Gasteiger partial charge in [0.2, 0.25) is 11.8 Å². The molecule has 0 bridgehead atoms. The predicted molar refractivity (Wildman–Crippen MR) is 63.5 cm³/mol. The SMILES string of the molecule is NC(=O)CSCCC(=O)N1CCCC1C(=O)O. The standard InChI is InChI=1S/C10H16N2O4S/c11-8(13)6-17-5-3-9(14)12-4-1-2-7(12)10(15)16/h7H,1-6H2,(H2,11,13)(H,15,16). The van der Waals surface area contributed by atoms with Gasteiger partial charge in [-0.1, -0.05) is 0 Å². The van der Waals surface area contributed by atoms with Crippen LogP contribution in [0.15, 0.2) is 0 Å². The minimum absolute atomic E-state index is 0.160. The van der Waals surface area contributed by atoms with Gasteiger partial charge in [0.05, 0.1) is 5.75 Å². The Labute approximate surface area is 104 Å². The molecule has 2 amide bonds. The van der Waals surface area contributed by atoms with E-state index in [4.69, 9.17) is 10.8 Å². The van der Waals surface area contributed by atoms with Crippen LogP contribution in [-0.4, -0.2) is 51.9 Å². The van der Waals surface area contributed by atoms with Crippen LogP contribution in [0.3, 0.4) is 0 Å². The number of aliphatic carboxylic acids is 1. The summed E-state index contributed by atoms with van der Waals surface area (Å²) in [7, 11) is 0. The number of hydrogen-bond donors (Lipinski definition) is 2. The molecule has 0 spiro atoms. The average Bonchev–Trinajstić information content (AvgIpc) is 2.72. The van der Waals surface area contributed by atoms with Crippen molar-refractivity contribution in [3.63, 3.8) is 0 Å². The first-order chi connectivity index (χ1) is 8.02. The minimum atomic E-state index is -0.944. The lowest BCUT2D eigenvalue weighted by atomic mass is 10.2. The number of hydrogen-bond acceptors (Lipinski definition) is 4. The van der Waals surface area contributed by atoms with E-state index in [1.54, 1.807) is 0 Å². The first-order valence-corrected chi connectivity index (χ1v) is 6.56. The van der Waals surface area contributed by atoms with Crippen LogP contribution in [0.1, 0.15) is 19.3 Å². The van der Waals surface area contributed by atoms with Crippen LogP contribution in [0.4, 0.5) is 0 Å². The molecule has 0 aromatic carbocycles. The van der Waals surface area contributed by atoms with Gasteiger partial charge in [0.1, 0.15) is 6.04 Å². The van der Waals surface area contributed by atoms with Crippen molar-refractivity contribution in [1.82, 2.24) is 4.90 Å². The topological polar surface area (TPSA) is 101 Å². The molecule has 96 valence electrons. The summed E-state index contributed by atoms with van der Waals surface area (Å²) >= 11 is 1.29. The average molecular weight is 260 g/mol. The normalized spacial score (nSPS) is 19.3. The number of thioether (sulfide) groups is 1. The van der Waals surface area contributed by atoms with Crippen LogP contribution in [-0.2, 0) is 14.4 Å². The molecule has 1 atom stereocenters. The van der Waals surface area contributed by atoms with Gasteiger partial charge in [-0.2, -0.15) is 11.8 Å². The Hall–Kier alpha value is -1.24. The van der Waals surface area contributed by atoms with Crippen molar-refractivity contribution in [2.75, 3.05) is 18.1 Å². The van der Waals surface area contributed by atoms with E-state index in [2.05, 4.69) is 0 Å². The zero-order valence-corrected chi connectivity index (χ0v) is 10.2. The maximum Gasteiger partial charge on any atom is 0.326 e. The second-order valence-electron chi connectivity index (χ2n) is 3.85. The number of carboxylic acid groups (broad SMARTS) is 1. The summed E-state index contributed by atoms with van der Waals surface area (Å²) in [4.78, 5) is 34.5. The van der Waals surface area contributed by atoms with E-state index in [0.29, 0.717) is 18.7 Å². The largest absolute Gasteiger partial charge is 0.480 e. The summed E-state index contributed by atoms with van der Waals surface area (Å²) in [5, 5.41) is 8.92. The Morgan fingerprint density at radius 1 is 1.41 bits per heavy atom. The van der Waals surface area contributed by atoms with E-state index < -0.39 is 17.9 Å². The van der Waals surface area contributed by atoms with Gasteiger partial charge in [0, 0.05) is 18.7 Å². The molecule has 0 aromatic heterocycles. The van der Waals surface area contributed by atoms with Gasteiger partial charge in [-0.15, -0.1) is 0 Å². The van der Waals surface area contributed by atoms with Gasteiger partial charge < -0.3 is 15.7 Å². The molecular weight excluding hydrogens is 244 g/mol. The summed E-state index contributed by atoms with van der Waals surface area (Å²) in [6.45, 7) is 0.510. The number of likely N-dealkylation sites (tertiary alicyclic amines) is 1. The highest BCUT2D eigenvalue weighted by Gasteiger charge is 2.33. The van der Waals surface area contributed by atoms with Crippen molar-refractivity contribution in [2.45, 2.75) is 25.3 Å². The smallest absolute Gasteiger partial charge is 0.326 e. The Kier molecular flexibility index (Phi) is 5.27. The van der Waals surface area contributed by atoms with Gasteiger partial charge in [-0.3, -0.25) is 9.59 Å². The zero-order valence-electron chi connectivity index (χ0n) is 9.42. The fraction of sp³-hybridized carbons (Fsp3) is 0.700. The number of rotatable bonds is 6. The Balaban J connectivity index is 2.32. The second-order valence-corrected chi connectivity index (χ2v) is 4.96. The minimum Gasteiger partial charge on any atom is -0.480 e. The van der Waals surface area contributed by atoms with E-state index in [0.717, 1.165) is 6.42 Å². The van der Waals surface area contributed by atoms with E-state index in [1.165, 1.54) is 16.7 Å². The number of nitrogens with two attached hydrogens (primary N) is 1. The highest BCUT2D eigenvalue weighted by atomic mass is 32.2. The van der Waals surface area contributed by atoms with Crippen molar-refractivity contribution < 1.29 is 19.5 Å². The third kappa shape index (κ3) is 4.26. The van der Waals surface area contributed by atoms with Crippen molar-refractivity contribution >= 4 is 29.5 Å². The number of amides is 2. The Bertz CT molecular complexity index is 321. The lowest BCUT2D eigenvalue weighted by Gasteiger charge is -2.21. The van der Waals surface area contributed by atoms with E-state index in [1.807, 2.05) is 0 Å². The Morgan fingerprint density at radius 2 is 2.12 bits per heavy atom. The van der Waals surface area contributed by atoms with Crippen LogP contribution in [0, 0.1) is 0 Å². The fourth-order valence-electron chi connectivity index (χ4n) is 1.80. The summed E-state index contributed by atoms with van der Waals surface area (Å²) in [5.74, 6) is -0.834. The number of carboxylic acids is 1. The monoisotopic (exact) mass is 260 g/mol. The summed E-state index contributed by atoms with van der Waals surface area (Å²) in [6.07, 6.45) is 1.51. The molecule has 0 saturated carbocycles. The van der Waals surface area contributed by atoms with Crippen molar-refractivity contribution in [1.29, 1.82) is 0 Å². The molecule has 6 nitrogen and oxygen atoms in total. The fourth-order valence-corrected chi connectivity index (χ4v) is 2.46. The van der Waals surface area contributed by atoms with E-state index >= 15 is 0 Å². The highest BCUT2D eigenvalue weighted by Crippen LogP contribution is 2.19. The van der Waals surface area contributed by atoms with Gasteiger partial charge in [-0.05, 0) is 12.8 Å². The van der Waals surface area contributed by atoms with Crippen LogP contribution in [0.5, 0.6) is 0 Å². The lowest BCUT2D eigenvalue weighted by molar-refractivity contribution is -0.148. The van der Waals surface area contributed by atoms with Crippen molar-refractivity contribution in [3.8, 4) is 0 Å². The molecule has 3 N–H and O–H groups in total. The molecule has 1 unspecified atom stereocenters. The molecule has 1 saturated heterocycles. The third-order valence-corrected chi connectivity index (χ3v) is 3.54. The maximum absolute atomic E-state index is 11.7. The lowest BCUT2D eigenvalue weighted by Crippen LogP contribution is -2.40. The molecule has 1 fully saturated rings. The Morgan fingerprint density at radius 3 is 2.71 bits per heavy atom. The van der Waals surface area contributed by atoms with E-state index in [-0.39, 0.29) is 18.1 Å². The third-order valence-electron chi connectivity index (χ3n) is 2.56. The summed E-state index contributed by atoms with van der Waals surface area (Å²) in [5.41, 5.74) is 4.96. The van der Waals surface area contributed by atoms with Crippen molar-refractivity contribution in [3.05, 3.63) is 0 Å². The molecule has 7 heteroatoms. The molecule has 0 radical (unpaired) electrons. The van der Waals surface area contributed by atoms with Crippen LogP contribution in [0.25, 0.3) is 0 Å². The molecule has 1 heterocycles. The second kappa shape index (κ2) is 6.48. The zero-order chi connectivity index (χ0) is 12.8.